The lowest BCUT2D eigenvalue weighted by atomic mass is 9.96. The fraction of sp³-hybridized carbons (Fsp3) is 0.394. The van der Waals surface area contributed by atoms with E-state index in [4.69, 9.17) is 21.1 Å². The van der Waals surface area contributed by atoms with Crippen molar-refractivity contribution in [3.8, 4) is 11.5 Å². The van der Waals surface area contributed by atoms with Gasteiger partial charge in [0.2, 0.25) is 0 Å². The van der Waals surface area contributed by atoms with E-state index >= 15 is 0 Å². The summed E-state index contributed by atoms with van der Waals surface area (Å²) in [7, 11) is 2.94. The second-order valence-corrected chi connectivity index (χ2v) is 10.6. The van der Waals surface area contributed by atoms with Crippen molar-refractivity contribution in [2.45, 2.75) is 58.5 Å². The molecule has 0 aliphatic carbocycles. The maximum absolute atomic E-state index is 13.3. The molecule has 4 rings (SSSR count). The molecule has 9 nitrogen and oxygen atoms in total. The molecule has 1 aliphatic heterocycles. The number of rotatable bonds is 12. The predicted octanol–water partition coefficient (Wildman–Crippen LogP) is 4.08. The summed E-state index contributed by atoms with van der Waals surface area (Å²) in [6.07, 6.45) is -2.50. The number of carbonyl (C=O) groups excluding carboxylic acids is 2. The second-order valence-electron chi connectivity index (χ2n) is 10.1. The average molecular weight is 614 g/mol. The van der Waals surface area contributed by atoms with Crippen LogP contribution >= 0.6 is 11.6 Å². The van der Waals surface area contributed by atoms with Crippen LogP contribution in [0.5, 0.6) is 11.5 Å². The molecule has 0 aromatic heterocycles. The number of aliphatic hydroxyl groups is 2. The van der Waals surface area contributed by atoms with Crippen LogP contribution in [0.15, 0.2) is 72.8 Å². The first-order chi connectivity index (χ1) is 19.8. The minimum absolute atomic E-state index is 0. The fourth-order valence-corrected chi connectivity index (χ4v) is 5.09. The van der Waals surface area contributed by atoms with Gasteiger partial charge < -0.3 is 30.3 Å². The Balaban J connectivity index is 0.00000323. The third-order valence-electron chi connectivity index (χ3n) is 7.21. The lowest BCUT2D eigenvalue weighted by Crippen LogP contribution is -2.55. The molecule has 1 fully saturated rings. The van der Waals surface area contributed by atoms with Crippen molar-refractivity contribution in [2.75, 3.05) is 27.3 Å². The van der Waals surface area contributed by atoms with E-state index in [0.29, 0.717) is 17.3 Å². The summed E-state index contributed by atoms with van der Waals surface area (Å²) in [5, 5.41) is 28.3. The molecule has 2 amide bonds. The van der Waals surface area contributed by atoms with Crippen LogP contribution in [-0.4, -0.2) is 78.5 Å². The highest BCUT2D eigenvalue weighted by molar-refractivity contribution is 6.30. The number of methoxy groups -OCH3 is 2. The van der Waals surface area contributed by atoms with Gasteiger partial charge in [-0.2, -0.15) is 0 Å². The molecule has 1 heterocycles. The molecule has 3 aromatic carbocycles. The van der Waals surface area contributed by atoms with Gasteiger partial charge in [-0.3, -0.25) is 14.5 Å². The Morgan fingerprint density at radius 2 is 1.67 bits per heavy atom. The van der Waals surface area contributed by atoms with Gasteiger partial charge in [0, 0.05) is 36.8 Å². The van der Waals surface area contributed by atoms with Gasteiger partial charge in [-0.15, -0.1) is 0 Å². The summed E-state index contributed by atoms with van der Waals surface area (Å²) in [4.78, 5) is 28.5. The summed E-state index contributed by atoms with van der Waals surface area (Å²) < 4.78 is 10.6. The van der Waals surface area contributed by atoms with Gasteiger partial charge in [-0.1, -0.05) is 68.9 Å². The summed E-state index contributed by atoms with van der Waals surface area (Å²) in [6, 6.07) is 20.5. The van der Waals surface area contributed by atoms with Crippen molar-refractivity contribution in [1.29, 1.82) is 0 Å². The highest BCUT2D eigenvalue weighted by Crippen LogP contribution is 2.25. The number of amides is 2. The van der Waals surface area contributed by atoms with Gasteiger partial charge >= 0.3 is 0 Å². The molecule has 0 radical (unpaired) electrons. The molecule has 1 saturated heterocycles. The first-order valence-electron chi connectivity index (χ1n) is 13.5. The largest absolute Gasteiger partial charge is 0.497 e. The van der Waals surface area contributed by atoms with Crippen LogP contribution in [0.3, 0.4) is 0 Å². The summed E-state index contributed by atoms with van der Waals surface area (Å²) in [6.45, 7) is 2.20. The molecule has 10 heteroatoms. The molecule has 4 N–H and O–H groups in total. The maximum Gasteiger partial charge on any atom is 0.255 e. The second kappa shape index (κ2) is 16.9. The van der Waals surface area contributed by atoms with Gasteiger partial charge in [0.25, 0.3) is 11.8 Å². The van der Waals surface area contributed by atoms with Crippen LogP contribution in [-0.2, 0) is 17.8 Å². The number of carbonyl (C=O) groups is 2. The van der Waals surface area contributed by atoms with Gasteiger partial charge in [-0.25, -0.2) is 0 Å². The van der Waals surface area contributed by atoms with E-state index in [9.17, 15) is 19.8 Å². The first-order valence-corrected chi connectivity index (χ1v) is 13.8. The normalized spacial score (nSPS) is 16.5. The molecular weight excluding hydrogens is 570 g/mol. The predicted molar refractivity (Wildman–Crippen MR) is 170 cm³/mol. The van der Waals surface area contributed by atoms with Gasteiger partial charge in [0.1, 0.15) is 17.6 Å². The number of likely N-dealkylation sites (tertiary alicyclic amines) is 1. The summed E-state index contributed by atoms with van der Waals surface area (Å²) in [5.41, 5.74) is 2.15. The Morgan fingerprint density at radius 3 is 2.33 bits per heavy atom. The fourth-order valence-electron chi connectivity index (χ4n) is 4.96. The number of benzene rings is 3. The molecule has 0 spiro atoms. The number of aliphatic hydroxyl groups excluding tert-OH is 2. The minimum atomic E-state index is -1.77. The van der Waals surface area contributed by atoms with Crippen molar-refractivity contribution in [3.63, 3.8) is 0 Å². The Morgan fingerprint density at radius 1 is 0.977 bits per heavy atom. The van der Waals surface area contributed by atoms with E-state index in [0.717, 1.165) is 25.1 Å². The monoisotopic (exact) mass is 613 g/mol. The molecule has 0 bridgehead atoms. The molecule has 234 valence electrons. The number of nitrogens with one attached hydrogen (secondary N) is 2. The van der Waals surface area contributed by atoms with Crippen molar-refractivity contribution in [2.24, 2.45) is 0 Å². The molecular formula is C33H44ClN3O6. The average Bonchev–Trinajstić information content (AvgIpc) is 3.43. The van der Waals surface area contributed by atoms with E-state index in [1.165, 1.54) is 19.8 Å². The lowest BCUT2D eigenvalue weighted by molar-refractivity contribution is -0.137. The summed E-state index contributed by atoms with van der Waals surface area (Å²) in [5.74, 6) is -0.442. The highest BCUT2D eigenvalue weighted by Gasteiger charge is 2.35. The standard InChI is InChI=1S/C31H36ClN3O6.2CH4/c1-40-24-12-13-25(27(17-24)41-2)30(38)34-26(16-20-8-10-22(32)11-9-20)28(36)29(37)31(39)33-23-14-15-35(19-23)18-21-6-4-3-5-7-21;;/h3-13,17,23,26,28-29,36-37H,14-16,18-19H2,1-2H3,(H,33,39)(H,34,38);2*1H4. The Kier molecular flexibility index (Phi) is 13.9. The number of ether oxygens (including phenoxy) is 2. The van der Waals surface area contributed by atoms with E-state index in [1.807, 2.05) is 18.2 Å². The minimum Gasteiger partial charge on any atom is -0.497 e. The number of nitrogens with zero attached hydrogens (tertiary/aromatic N) is 1. The zero-order valence-electron chi connectivity index (χ0n) is 23.1. The quantitative estimate of drug-likeness (QED) is 0.243. The molecule has 4 unspecified atom stereocenters. The summed E-state index contributed by atoms with van der Waals surface area (Å²) >= 11 is 6.02. The van der Waals surface area contributed by atoms with Gasteiger partial charge in [0.15, 0.2) is 6.10 Å². The van der Waals surface area contributed by atoms with E-state index in [1.54, 1.807) is 42.5 Å². The SMILES string of the molecule is C.C.COc1ccc(C(=O)NC(Cc2ccc(Cl)cc2)C(O)C(O)C(=O)NC2CCN(Cc3ccccc3)C2)c(OC)c1. The van der Waals surface area contributed by atoms with Gasteiger partial charge in [-0.05, 0) is 48.2 Å². The molecule has 0 saturated carbocycles. The Hall–Kier alpha value is -3.63. The topological polar surface area (TPSA) is 120 Å². The van der Waals surface area contributed by atoms with Gasteiger partial charge in [0.05, 0.1) is 25.8 Å². The first kappa shape index (κ1) is 35.6. The van der Waals surface area contributed by atoms with E-state index in [-0.39, 0.29) is 38.6 Å². The van der Waals surface area contributed by atoms with Crippen molar-refractivity contribution in [1.82, 2.24) is 15.5 Å². The van der Waals surface area contributed by atoms with Crippen LogP contribution in [0.2, 0.25) is 5.02 Å². The van der Waals surface area contributed by atoms with Crippen LogP contribution < -0.4 is 20.1 Å². The van der Waals surface area contributed by atoms with Crippen LogP contribution in [0, 0.1) is 0 Å². The van der Waals surface area contributed by atoms with E-state index < -0.39 is 30.1 Å². The number of halogens is 1. The van der Waals surface area contributed by atoms with E-state index in [2.05, 4.69) is 27.7 Å². The zero-order valence-corrected chi connectivity index (χ0v) is 23.9. The molecule has 43 heavy (non-hydrogen) atoms. The van der Waals surface area contributed by atoms with Crippen molar-refractivity contribution >= 4 is 23.4 Å². The molecule has 1 aliphatic rings. The third-order valence-corrected chi connectivity index (χ3v) is 7.46. The van der Waals surface area contributed by atoms with Crippen LogP contribution in [0.4, 0.5) is 0 Å². The smallest absolute Gasteiger partial charge is 0.255 e. The van der Waals surface area contributed by atoms with Crippen molar-refractivity contribution in [3.05, 3.63) is 94.5 Å². The van der Waals surface area contributed by atoms with Crippen LogP contribution in [0.1, 0.15) is 42.8 Å². The molecule has 3 aromatic rings. The third kappa shape index (κ3) is 9.69. The maximum atomic E-state index is 13.3. The van der Waals surface area contributed by atoms with Crippen molar-refractivity contribution < 1.29 is 29.3 Å². The Labute approximate surface area is 259 Å². The zero-order chi connectivity index (χ0) is 29.4. The number of hydrogen-bond donors (Lipinski definition) is 4. The van der Waals surface area contributed by atoms with Crippen LogP contribution in [0.25, 0.3) is 0 Å². The Bertz CT molecular complexity index is 1310. The highest BCUT2D eigenvalue weighted by atomic mass is 35.5. The lowest BCUT2D eigenvalue weighted by Gasteiger charge is -2.28. The molecule has 4 atom stereocenters. The number of hydrogen-bond acceptors (Lipinski definition) is 7.